The minimum Gasteiger partial charge on any atom is -0.497 e. The predicted octanol–water partition coefficient (Wildman–Crippen LogP) is 6.42. The quantitative estimate of drug-likeness (QED) is 0.232. The van der Waals surface area contributed by atoms with Crippen LogP contribution in [0, 0.1) is 0 Å². The van der Waals surface area contributed by atoms with Crippen molar-refractivity contribution in [3.63, 3.8) is 0 Å². The van der Waals surface area contributed by atoms with Crippen LogP contribution in [0.2, 0.25) is 0 Å². The van der Waals surface area contributed by atoms with E-state index in [1.165, 1.54) is 0 Å². The molecule has 0 spiro atoms. The van der Waals surface area contributed by atoms with Gasteiger partial charge in [0.1, 0.15) is 35.4 Å². The molecule has 0 amide bonds. The van der Waals surface area contributed by atoms with Gasteiger partial charge >= 0.3 is 0 Å². The van der Waals surface area contributed by atoms with Crippen LogP contribution in [-0.4, -0.2) is 31.7 Å². The van der Waals surface area contributed by atoms with E-state index in [0.717, 1.165) is 33.8 Å². The number of fused-ring (bicyclic) bond motifs is 4. The van der Waals surface area contributed by atoms with E-state index < -0.39 is 30.2 Å². The lowest BCUT2D eigenvalue weighted by Gasteiger charge is -2.54. The number of rotatable bonds is 10. The topological polar surface area (TPSA) is 55.4 Å². The van der Waals surface area contributed by atoms with Gasteiger partial charge in [0.05, 0.1) is 26.9 Å². The van der Waals surface area contributed by atoms with E-state index in [1.54, 1.807) is 7.11 Å². The van der Waals surface area contributed by atoms with Crippen LogP contribution in [0.3, 0.4) is 0 Å². The third-order valence-corrected chi connectivity index (χ3v) is 7.60. The molecule has 0 aliphatic carbocycles. The van der Waals surface area contributed by atoms with Gasteiger partial charge in [0.15, 0.2) is 0 Å². The monoisotopic (exact) mass is 538 g/mol. The molecule has 0 saturated carbocycles. The fourth-order valence-electron chi connectivity index (χ4n) is 5.48. The Kier molecular flexibility index (Phi) is 7.84. The van der Waals surface area contributed by atoms with Crippen molar-refractivity contribution in [2.45, 2.75) is 56.9 Å². The van der Waals surface area contributed by atoms with Crippen LogP contribution < -0.4 is 9.47 Å². The van der Waals surface area contributed by atoms with Crippen LogP contribution >= 0.6 is 0 Å². The van der Waals surface area contributed by atoms with Crippen molar-refractivity contribution in [1.82, 2.24) is 0 Å². The van der Waals surface area contributed by atoms with E-state index >= 15 is 0 Å². The van der Waals surface area contributed by atoms with Crippen molar-refractivity contribution in [1.29, 1.82) is 0 Å². The van der Waals surface area contributed by atoms with Gasteiger partial charge in [-0.25, -0.2) is 0 Å². The zero-order valence-corrected chi connectivity index (χ0v) is 22.8. The van der Waals surface area contributed by atoms with E-state index in [1.807, 2.05) is 91.9 Å². The molecule has 0 radical (unpaired) electrons. The van der Waals surface area contributed by atoms with Gasteiger partial charge in [-0.3, -0.25) is 0 Å². The first kappa shape index (κ1) is 26.5. The molecule has 2 aliphatic rings. The summed E-state index contributed by atoms with van der Waals surface area (Å²) >= 11 is 0. The van der Waals surface area contributed by atoms with Crippen molar-refractivity contribution in [3.05, 3.63) is 131 Å². The predicted molar refractivity (Wildman–Crippen MR) is 151 cm³/mol. The third-order valence-electron chi connectivity index (χ3n) is 7.60. The molecule has 1 saturated heterocycles. The molecule has 206 valence electrons. The summed E-state index contributed by atoms with van der Waals surface area (Å²) in [5, 5.41) is 0. The van der Waals surface area contributed by atoms with E-state index in [-0.39, 0.29) is 0 Å². The van der Waals surface area contributed by atoms with Crippen LogP contribution in [0.15, 0.2) is 109 Å². The Morgan fingerprint density at radius 2 is 1.18 bits per heavy atom. The van der Waals surface area contributed by atoms with E-state index in [0.29, 0.717) is 19.8 Å². The first-order valence-corrected chi connectivity index (χ1v) is 13.6. The normalized spacial score (nSPS) is 25.1. The van der Waals surface area contributed by atoms with Gasteiger partial charge in [0, 0.05) is 5.56 Å². The van der Waals surface area contributed by atoms with E-state index in [4.69, 9.17) is 28.4 Å². The van der Waals surface area contributed by atoms with Gasteiger partial charge in [-0.05, 0) is 41.8 Å². The third kappa shape index (κ3) is 5.49. The van der Waals surface area contributed by atoms with Gasteiger partial charge < -0.3 is 28.4 Å². The van der Waals surface area contributed by atoms with E-state index in [2.05, 4.69) is 24.3 Å². The first-order valence-electron chi connectivity index (χ1n) is 13.6. The molecule has 4 aromatic rings. The minimum atomic E-state index is -0.879. The molecule has 6 rings (SSSR count). The molecule has 0 aromatic heterocycles. The first-order chi connectivity index (χ1) is 19.6. The smallest absolute Gasteiger partial charge is 0.230 e. The molecule has 40 heavy (non-hydrogen) atoms. The lowest BCUT2D eigenvalue weighted by molar-refractivity contribution is -0.348. The van der Waals surface area contributed by atoms with Crippen LogP contribution in [-0.2, 0) is 44.4 Å². The summed E-state index contributed by atoms with van der Waals surface area (Å²) in [6.07, 6.45) is -2.24. The molecule has 6 nitrogen and oxygen atoms in total. The minimum absolute atomic E-state index is 0.386. The maximum atomic E-state index is 6.75. The summed E-state index contributed by atoms with van der Waals surface area (Å²) < 4.78 is 38.7. The van der Waals surface area contributed by atoms with Crippen molar-refractivity contribution >= 4 is 0 Å². The molecule has 2 aliphatic heterocycles. The van der Waals surface area contributed by atoms with Gasteiger partial charge in [0.25, 0.3) is 0 Å². The van der Waals surface area contributed by atoms with Crippen LogP contribution in [0.25, 0.3) is 0 Å². The molecule has 5 atom stereocenters. The summed E-state index contributed by atoms with van der Waals surface area (Å²) in [5.74, 6) is 1.44. The number of hydrogen-bond acceptors (Lipinski definition) is 6. The molecular formula is C34H34O6. The molecule has 2 heterocycles. The number of hydrogen-bond donors (Lipinski definition) is 0. The van der Waals surface area contributed by atoms with Crippen molar-refractivity contribution in [2.24, 2.45) is 0 Å². The lowest BCUT2D eigenvalue weighted by Crippen LogP contribution is -2.66. The van der Waals surface area contributed by atoms with Gasteiger partial charge in [-0.1, -0.05) is 91.0 Å². The zero-order chi connectivity index (χ0) is 27.4. The summed E-state index contributed by atoms with van der Waals surface area (Å²) in [6.45, 7) is 3.22. The molecule has 2 bridgehead atoms. The number of ether oxygens (including phenoxy) is 6. The maximum absolute atomic E-state index is 6.75. The fraction of sp³-hybridized carbons (Fsp3) is 0.294. The average molecular weight is 539 g/mol. The molecular weight excluding hydrogens is 504 g/mol. The highest BCUT2D eigenvalue weighted by Crippen LogP contribution is 2.50. The van der Waals surface area contributed by atoms with Gasteiger partial charge in [-0.15, -0.1) is 0 Å². The zero-order valence-electron chi connectivity index (χ0n) is 22.8. The highest BCUT2D eigenvalue weighted by Gasteiger charge is 2.59. The second-order valence-electron chi connectivity index (χ2n) is 10.3. The van der Waals surface area contributed by atoms with Gasteiger partial charge in [-0.2, -0.15) is 0 Å². The summed E-state index contributed by atoms with van der Waals surface area (Å²) in [5.41, 5.74) is 3.16. The van der Waals surface area contributed by atoms with Crippen LogP contribution in [0.5, 0.6) is 11.5 Å². The summed E-state index contributed by atoms with van der Waals surface area (Å²) in [6, 6.07) is 36.1. The Morgan fingerprint density at radius 3 is 1.73 bits per heavy atom. The van der Waals surface area contributed by atoms with Crippen LogP contribution in [0.4, 0.5) is 0 Å². The number of methoxy groups -OCH3 is 1. The van der Waals surface area contributed by atoms with Crippen LogP contribution in [0.1, 0.15) is 29.2 Å². The average Bonchev–Trinajstić information content (AvgIpc) is 3.00. The highest BCUT2D eigenvalue weighted by molar-refractivity contribution is 5.46. The van der Waals surface area contributed by atoms with Crippen molar-refractivity contribution in [3.8, 4) is 11.5 Å². The highest BCUT2D eigenvalue weighted by atomic mass is 16.7. The SMILES string of the molecule is COc1ccc2c(c1)[C@@]1(C)O[C@H](O2)[C@H](OCc2ccccc2)[C@@H](OCc2ccccc2)[C@@H]1OCc1ccccc1. The largest absolute Gasteiger partial charge is 0.497 e. The number of benzene rings is 4. The lowest BCUT2D eigenvalue weighted by atomic mass is 9.80. The van der Waals surface area contributed by atoms with Crippen molar-refractivity contribution < 1.29 is 28.4 Å². The molecule has 4 aromatic carbocycles. The van der Waals surface area contributed by atoms with E-state index in [9.17, 15) is 0 Å². The Bertz CT molecular complexity index is 1380. The second-order valence-corrected chi connectivity index (χ2v) is 10.3. The molecule has 0 N–H and O–H groups in total. The Balaban J connectivity index is 1.38. The molecule has 1 fully saturated rings. The molecule has 0 unspecified atom stereocenters. The van der Waals surface area contributed by atoms with Crippen molar-refractivity contribution in [2.75, 3.05) is 7.11 Å². The standard InChI is InChI=1S/C34H34O6/c1-34-28-20-27(35-2)18-19-29(28)39-33(40-34)31(37-22-25-14-8-4-9-15-25)30(36-21-24-12-6-3-7-13-24)32(34)38-23-26-16-10-5-11-17-26/h3-20,30-33H,21-23H2,1-2H3/t30-,31-,32+,33+,34-/m1/s1. The molecule has 6 heteroatoms. The Morgan fingerprint density at radius 1 is 0.650 bits per heavy atom. The summed E-state index contributed by atoms with van der Waals surface area (Å²) in [4.78, 5) is 0. The fourth-order valence-corrected chi connectivity index (χ4v) is 5.48. The van der Waals surface area contributed by atoms with Gasteiger partial charge in [0.2, 0.25) is 6.29 Å². The Labute approximate surface area is 235 Å². The second kappa shape index (κ2) is 11.8. The maximum Gasteiger partial charge on any atom is 0.230 e. The summed E-state index contributed by atoms with van der Waals surface area (Å²) in [7, 11) is 1.65. The Hall–Kier alpha value is -3.68.